The lowest BCUT2D eigenvalue weighted by molar-refractivity contribution is -0.118. The Balaban J connectivity index is 3.07. The van der Waals surface area contributed by atoms with Crippen LogP contribution in [0.5, 0.6) is 0 Å². The van der Waals surface area contributed by atoms with Gasteiger partial charge in [0, 0.05) is 17.5 Å². The number of benzene rings is 1. The van der Waals surface area contributed by atoms with Crippen molar-refractivity contribution in [2.75, 3.05) is 5.32 Å². The molecular weight excluding hydrogens is 272 g/mol. The lowest BCUT2D eigenvalue weighted by Gasteiger charge is -2.26. The van der Waals surface area contributed by atoms with E-state index < -0.39 is 23.1 Å². The van der Waals surface area contributed by atoms with E-state index in [0.29, 0.717) is 0 Å². The molecule has 5 N–H and O–H groups in total. The summed E-state index contributed by atoms with van der Waals surface area (Å²) < 4.78 is 27.5. The molecule has 0 radical (unpaired) electrons. The second kappa shape index (κ2) is 5.48. The number of carbonyl (C=O) groups excluding carboxylic acids is 1. The molecule has 0 fully saturated rings. The molecule has 104 valence electrons. The van der Waals surface area contributed by atoms with Gasteiger partial charge in [-0.25, -0.2) is 8.78 Å². The molecular formula is C12H15F2N3OS. The molecule has 0 aliphatic rings. The van der Waals surface area contributed by atoms with Gasteiger partial charge in [0.1, 0.15) is 4.99 Å². The largest absolute Gasteiger partial charge is 0.389 e. The molecule has 0 aromatic heterocycles. The summed E-state index contributed by atoms with van der Waals surface area (Å²) in [6.07, 6.45) is -0.0227. The molecule has 1 aromatic rings. The van der Waals surface area contributed by atoms with E-state index in [1.54, 1.807) is 13.8 Å². The summed E-state index contributed by atoms with van der Waals surface area (Å²) in [5.74, 6) is -2.76. The molecule has 0 aliphatic heterocycles. The molecule has 7 heteroatoms. The highest BCUT2D eigenvalue weighted by atomic mass is 32.1. The Hall–Kier alpha value is -1.76. The van der Waals surface area contributed by atoms with Gasteiger partial charge in [-0.2, -0.15) is 0 Å². The number of anilines is 1. The number of nitrogens with two attached hydrogens (primary N) is 2. The normalized spacial score (nSPS) is 11.2. The minimum absolute atomic E-state index is 0.0227. The van der Waals surface area contributed by atoms with Crippen molar-refractivity contribution in [3.63, 3.8) is 0 Å². The topological polar surface area (TPSA) is 81.1 Å². The fourth-order valence-electron chi connectivity index (χ4n) is 1.68. The highest BCUT2D eigenvalue weighted by molar-refractivity contribution is 7.80. The number of thiocarbonyl (C=S) groups is 1. The van der Waals surface area contributed by atoms with Gasteiger partial charge in [0.15, 0.2) is 11.6 Å². The number of primary amides is 1. The van der Waals surface area contributed by atoms with E-state index in [9.17, 15) is 13.6 Å². The Bertz CT molecular complexity index is 532. The highest BCUT2D eigenvalue weighted by Crippen LogP contribution is 2.24. The summed E-state index contributed by atoms with van der Waals surface area (Å²) >= 11 is 4.61. The average Bonchev–Trinajstić information content (AvgIpc) is 2.22. The molecule has 1 amide bonds. The summed E-state index contributed by atoms with van der Waals surface area (Å²) in [5, 5.41) is 2.72. The van der Waals surface area contributed by atoms with E-state index >= 15 is 0 Å². The molecule has 1 rings (SSSR count). The number of nitrogens with one attached hydrogen (secondary N) is 1. The smallest absolute Gasteiger partial charge is 0.219 e. The van der Waals surface area contributed by atoms with Gasteiger partial charge in [-0.15, -0.1) is 0 Å². The van der Waals surface area contributed by atoms with Crippen LogP contribution in [-0.4, -0.2) is 16.4 Å². The van der Waals surface area contributed by atoms with Crippen molar-refractivity contribution in [1.29, 1.82) is 0 Å². The average molecular weight is 287 g/mol. The molecule has 0 bridgehead atoms. The molecule has 19 heavy (non-hydrogen) atoms. The molecule has 0 saturated heterocycles. The predicted octanol–water partition coefficient (Wildman–Crippen LogP) is 1.66. The number of rotatable bonds is 5. The van der Waals surface area contributed by atoms with E-state index in [4.69, 9.17) is 11.5 Å². The van der Waals surface area contributed by atoms with E-state index in [0.717, 1.165) is 0 Å². The van der Waals surface area contributed by atoms with Crippen LogP contribution in [0.3, 0.4) is 0 Å². The molecule has 0 spiro atoms. The first-order valence-electron chi connectivity index (χ1n) is 5.48. The van der Waals surface area contributed by atoms with Gasteiger partial charge in [0.2, 0.25) is 5.91 Å². The third-order valence-corrected chi connectivity index (χ3v) is 2.66. The molecule has 0 heterocycles. The first-order valence-corrected chi connectivity index (χ1v) is 5.89. The monoisotopic (exact) mass is 287 g/mol. The molecule has 4 nitrogen and oxygen atoms in total. The van der Waals surface area contributed by atoms with E-state index in [2.05, 4.69) is 17.5 Å². The van der Waals surface area contributed by atoms with Crippen LogP contribution < -0.4 is 16.8 Å². The Labute approximate surface area is 115 Å². The van der Waals surface area contributed by atoms with Crippen molar-refractivity contribution in [2.45, 2.75) is 25.8 Å². The van der Waals surface area contributed by atoms with Crippen LogP contribution in [-0.2, 0) is 4.79 Å². The quantitative estimate of drug-likeness (QED) is 0.720. The highest BCUT2D eigenvalue weighted by Gasteiger charge is 2.23. The third kappa shape index (κ3) is 3.85. The van der Waals surface area contributed by atoms with Crippen LogP contribution >= 0.6 is 12.2 Å². The van der Waals surface area contributed by atoms with Gasteiger partial charge in [-0.1, -0.05) is 12.2 Å². The third-order valence-electron chi connectivity index (χ3n) is 2.44. The van der Waals surface area contributed by atoms with E-state index in [1.807, 2.05) is 0 Å². The standard InChI is InChI=1S/C12H15F2N3OS/c1-12(2,5-8(15)18)17-7-4-3-6(11(16)19)9(13)10(7)14/h3-4,17H,5H2,1-2H3,(H2,15,18)(H2,16,19). The molecule has 0 unspecified atom stereocenters. The second-order valence-electron chi connectivity index (χ2n) is 4.80. The van der Waals surface area contributed by atoms with Crippen LogP contribution in [0.1, 0.15) is 25.8 Å². The van der Waals surface area contributed by atoms with Crippen LogP contribution in [0, 0.1) is 11.6 Å². The van der Waals surface area contributed by atoms with Gasteiger partial charge < -0.3 is 16.8 Å². The van der Waals surface area contributed by atoms with E-state index in [1.165, 1.54) is 12.1 Å². The summed E-state index contributed by atoms with van der Waals surface area (Å²) in [6.45, 7) is 3.30. The number of carbonyl (C=O) groups is 1. The zero-order valence-corrected chi connectivity index (χ0v) is 11.4. The van der Waals surface area contributed by atoms with Crippen molar-refractivity contribution in [3.05, 3.63) is 29.3 Å². The number of hydrogen-bond donors (Lipinski definition) is 3. The zero-order chi connectivity index (χ0) is 14.8. The van der Waals surface area contributed by atoms with Crippen LogP contribution in [0.4, 0.5) is 14.5 Å². The first kappa shape index (κ1) is 15.3. The Morgan fingerprint density at radius 3 is 2.37 bits per heavy atom. The van der Waals surface area contributed by atoms with Crippen LogP contribution in [0.2, 0.25) is 0 Å². The Morgan fingerprint density at radius 2 is 1.89 bits per heavy atom. The maximum Gasteiger partial charge on any atom is 0.219 e. The van der Waals surface area contributed by atoms with Gasteiger partial charge in [-0.3, -0.25) is 4.79 Å². The SMILES string of the molecule is CC(C)(CC(N)=O)Nc1ccc(C(N)=S)c(F)c1F. The van der Waals surface area contributed by atoms with Gasteiger partial charge in [-0.05, 0) is 26.0 Å². The predicted molar refractivity (Wildman–Crippen MR) is 73.8 cm³/mol. The minimum Gasteiger partial charge on any atom is -0.389 e. The Morgan fingerprint density at radius 1 is 1.32 bits per heavy atom. The summed E-state index contributed by atoms with van der Waals surface area (Å²) in [5.41, 5.74) is 9.31. The van der Waals surface area contributed by atoms with Gasteiger partial charge >= 0.3 is 0 Å². The van der Waals surface area contributed by atoms with Crippen molar-refractivity contribution < 1.29 is 13.6 Å². The minimum atomic E-state index is -1.12. The number of halogens is 2. The molecule has 0 saturated carbocycles. The maximum atomic E-state index is 13.8. The fourth-order valence-corrected chi connectivity index (χ4v) is 1.84. The maximum absolute atomic E-state index is 13.8. The number of amides is 1. The van der Waals surface area contributed by atoms with Crippen molar-refractivity contribution in [3.8, 4) is 0 Å². The second-order valence-corrected chi connectivity index (χ2v) is 5.24. The fraction of sp³-hybridized carbons (Fsp3) is 0.333. The van der Waals surface area contributed by atoms with Gasteiger partial charge in [0.05, 0.1) is 5.69 Å². The summed E-state index contributed by atoms with van der Waals surface area (Å²) in [4.78, 5) is 10.7. The first-order chi connectivity index (χ1) is 8.64. The molecule has 0 aliphatic carbocycles. The van der Waals surface area contributed by atoms with E-state index in [-0.39, 0.29) is 22.7 Å². The zero-order valence-electron chi connectivity index (χ0n) is 10.6. The lowest BCUT2D eigenvalue weighted by Crippen LogP contribution is -2.36. The van der Waals surface area contributed by atoms with Crippen LogP contribution in [0.15, 0.2) is 12.1 Å². The number of hydrogen-bond acceptors (Lipinski definition) is 3. The summed E-state index contributed by atoms with van der Waals surface area (Å²) in [7, 11) is 0. The lowest BCUT2D eigenvalue weighted by atomic mass is 9.99. The van der Waals surface area contributed by atoms with Gasteiger partial charge in [0.25, 0.3) is 0 Å². The summed E-state index contributed by atoms with van der Waals surface area (Å²) in [6, 6.07) is 2.60. The van der Waals surface area contributed by atoms with Crippen LogP contribution in [0.25, 0.3) is 0 Å². The van der Waals surface area contributed by atoms with Crippen molar-refractivity contribution in [2.24, 2.45) is 11.5 Å². The van der Waals surface area contributed by atoms with Crippen molar-refractivity contribution >= 4 is 28.8 Å². The Kier molecular flexibility index (Phi) is 4.41. The molecule has 1 aromatic carbocycles. The van der Waals surface area contributed by atoms with Crippen molar-refractivity contribution in [1.82, 2.24) is 0 Å². The molecule has 0 atom stereocenters.